The molecule has 4 saturated heterocycles. The number of hydrogen-bond acceptors (Lipinski definition) is 14. The van der Waals surface area contributed by atoms with E-state index in [1.54, 1.807) is 28.7 Å². The van der Waals surface area contributed by atoms with Gasteiger partial charge in [0, 0.05) is 86.9 Å². The van der Waals surface area contributed by atoms with Gasteiger partial charge < -0.3 is 25.1 Å². The van der Waals surface area contributed by atoms with Crippen molar-refractivity contribution >= 4 is 56.6 Å². The molecule has 0 radical (unpaired) electrons. The van der Waals surface area contributed by atoms with Gasteiger partial charge in [-0.3, -0.25) is 29.4 Å². The smallest absolute Gasteiger partial charge is 0.278 e. The first-order valence-electron chi connectivity index (χ1n) is 24.6. The van der Waals surface area contributed by atoms with E-state index in [2.05, 4.69) is 58.5 Å². The van der Waals surface area contributed by atoms with Crippen LogP contribution in [0.4, 0.5) is 23.0 Å². The van der Waals surface area contributed by atoms with Crippen LogP contribution in [0.3, 0.4) is 0 Å². The van der Waals surface area contributed by atoms with Gasteiger partial charge >= 0.3 is 0 Å². The van der Waals surface area contributed by atoms with E-state index in [-0.39, 0.29) is 29.9 Å². The number of nitrogens with zero attached hydrogens (tertiary/aromatic N) is 11. The Morgan fingerprint density at radius 1 is 0.783 bits per heavy atom. The topological polar surface area (TPSA) is 192 Å². The van der Waals surface area contributed by atoms with E-state index in [0.29, 0.717) is 65.2 Å². The number of allylic oxidation sites excluding steroid dienone is 2. The van der Waals surface area contributed by atoms with Crippen molar-refractivity contribution < 1.29 is 14.7 Å². The van der Waals surface area contributed by atoms with E-state index in [9.17, 15) is 24.3 Å². The molecule has 2 bridgehead atoms. The Morgan fingerprint density at radius 2 is 1.55 bits per heavy atom. The number of carbonyl (C=O) groups excluding carboxylic acids is 2. The van der Waals surface area contributed by atoms with Crippen LogP contribution in [0.1, 0.15) is 70.0 Å². The zero-order valence-electron chi connectivity index (χ0n) is 39.0. The number of hydrogen-bond donors (Lipinski definition) is 3. The molecule has 4 aromatic heterocycles. The molecule has 69 heavy (non-hydrogen) atoms. The molecule has 5 aliphatic rings. The summed E-state index contributed by atoms with van der Waals surface area (Å²) in [5.74, 6) is 0.723. The minimum atomic E-state index is -1.12. The number of benzene rings is 2. The molecule has 18 nitrogen and oxygen atoms in total. The van der Waals surface area contributed by atoms with Gasteiger partial charge in [0.2, 0.25) is 11.9 Å². The Kier molecular flexibility index (Phi) is 12.1. The van der Waals surface area contributed by atoms with Gasteiger partial charge in [0.15, 0.2) is 11.5 Å². The van der Waals surface area contributed by atoms with Crippen LogP contribution < -0.4 is 31.6 Å². The molecule has 11 rings (SSSR count). The number of fused-ring (bicyclic) bond motifs is 7. The monoisotopic (exact) mass is 933 g/mol. The van der Waals surface area contributed by atoms with Gasteiger partial charge in [-0.2, -0.15) is 10.1 Å². The average Bonchev–Trinajstić information content (AvgIpc) is 3.64. The number of aliphatic hydroxyl groups is 1. The summed E-state index contributed by atoms with van der Waals surface area (Å²) < 4.78 is 4.57. The number of rotatable bonds is 8. The second-order valence-electron chi connectivity index (χ2n) is 19.6. The molecule has 3 N–H and O–H groups in total. The largest absolute Gasteiger partial charge is 0.384 e. The second-order valence-corrected chi connectivity index (χ2v) is 19.6. The molecule has 18 heteroatoms. The number of anilines is 4. The Labute approximate surface area is 399 Å². The third-order valence-corrected chi connectivity index (χ3v) is 15.1. The number of aromatic nitrogens is 7. The van der Waals surface area contributed by atoms with Crippen LogP contribution in [0.5, 0.6) is 0 Å². The molecular formula is C51H59N13O5. The number of amides is 2. The van der Waals surface area contributed by atoms with Gasteiger partial charge in [-0.1, -0.05) is 24.3 Å². The lowest BCUT2D eigenvalue weighted by Gasteiger charge is -2.44. The van der Waals surface area contributed by atoms with E-state index in [1.165, 1.54) is 23.2 Å². The van der Waals surface area contributed by atoms with E-state index in [4.69, 9.17) is 9.97 Å². The Bertz CT molecular complexity index is 3050. The average molecular weight is 934 g/mol. The minimum absolute atomic E-state index is 0.190. The molecule has 2 atom stereocenters. The highest BCUT2D eigenvalue weighted by Crippen LogP contribution is 2.30. The zero-order valence-corrected chi connectivity index (χ0v) is 39.0. The summed E-state index contributed by atoms with van der Waals surface area (Å²) in [6.07, 6.45) is 13.4. The van der Waals surface area contributed by atoms with Crippen molar-refractivity contribution in [2.75, 3.05) is 74.0 Å². The van der Waals surface area contributed by atoms with Crippen LogP contribution in [-0.2, 0) is 21.7 Å². The number of likely N-dealkylation sites (tertiary alicyclic amines) is 1. The SMILES string of the molecule is C[C@@]1(O)CC/C=C\Cn2c(=O)c3cnc(Nc4ccc(N5CCN(C6CCN(CC7CCN(c8ccc9cnn(C%10CCC(=O)NC%10=O)c(=O)c9c8)CC7)CC6)CC5)cc4)nc3n2-c2cccc1n2. The maximum absolute atomic E-state index is 13.6. The Morgan fingerprint density at radius 3 is 2.33 bits per heavy atom. The molecular weight excluding hydrogens is 875 g/mol. The van der Waals surface area contributed by atoms with E-state index < -0.39 is 17.6 Å². The first-order valence-corrected chi connectivity index (χ1v) is 24.6. The molecule has 0 aliphatic carbocycles. The van der Waals surface area contributed by atoms with Crippen LogP contribution in [0.2, 0.25) is 0 Å². The van der Waals surface area contributed by atoms with Gasteiger partial charge in [0.25, 0.3) is 17.0 Å². The summed E-state index contributed by atoms with van der Waals surface area (Å²) in [6.45, 7) is 11.4. The van der Waals surface area contributed by atoms with Crippen molar-refractivity contribution in [1.29, 1.82) is 0 Å². The maximum Gasteiger partial charge on any atom is 0.278 e. The number of pyridine rings is 1. The quantitative estimate of drug-likeness (QED) is 0.143. The van der Waals surface area contributed by atoms with Crippen LogP contribution in [0.15, 0.2) is 94.8 Å². The van der Waals surface area contributed by atoms with Gasteiger partial charge in [0.05, 0.1) is 23.8 Å². The molecule has 358 valence electrons. The van der Waals surface area contributed by atoms with Crippen molar-refractivity contribution in [2.24, 2.45) is 5.92 Å². The zero-order chi connectivity index (χ0) is 47.2. The van der Waals surface area contributed by atoms with Crippen molar-refractivity contribution in [3.05, 3.63) is 112 Å². The van der Waals surface area contributed by atoms with Crippen LogP contribution in [0.25, 0.3) is 27.6 Å². The highest BCUT2D eigenvalue weighted by molar-refractivity contribution is 5.99. The summed E-state index contributed by atoms with van der Waals surface area (Å²) in [4.78, 5) is 75.6. The van der Waals surface area contributed by atoms with E-state index >= 15 is 0 Å². The Hall–Kier alpha value is -6.76. The number of imide groups is 1. The number of piperidine rings is 3. The summed E-state index contributed by atoms with van der Waals surface area (Å²) in [5, 5.41) is 22.8. The third kappa shape index (κ3) is 9.03. The minimum Gasteiger partial charge on any atom is -0.384 e. The van der Waals surface area contributed by atoms with Crippen molar-refractivity contribution in [2.45, 2.75) is 82.5 Å². The summed E-state index contributed by atoms with van der Waals surface area (Å²) in [5.41, 5.74) is 2.40. The normalized spacial score (nSPS) is 22.9. The highest BCUT2D eigenvalue weighted by Gasteiger charge is 2.32. The lowest BCUT2D eigenvalue weighted by molar-refractivity contribution is -0.136. The lowest BCUT2D eigenvalue weighted by atomic mass is 9.94. The summed E-state index contributed by atoms with van der Waals surface area (Å²) in [7, 11) is 0. The molecule has 5 aliphatic heterocycles. The predicted molar refractivity (Wildman–Crippen MR) is 264 cm³/mol. The first-order chi connectivity index (χ1) is 33.5. The van der Waals surface area contributed by atoms with Gasteiger partial charge in [-0.25, -0.2) is 24.0 Å². The van der Waals surface area contributed by atoms with Gasteiger partial charge in [0.1, 0.15) is 17.0 Å². The molecule has 0 spiro atoms. The molecule has 0 saturated carbocycles. The standard InChI is InChI=1S/C51H59N13O5/c1-51(69)20-3-2-4-21-62-48(67)41-32-52-50(57-46(41)64(62)44-7-5-6-43(51)55-44)54-36-9-12-37(13-10-36)60-26-28-61(29-27-60)38-18-22-58(23-19-38)33-34-16-24-59(25-17-34)39-11-8-35-31-53-63(49(68)40(35)30-39)42-14-15-45(65)56-47(42)66/h2,4-13,30-32,34,38,42,69H,3,14-29,33H2,1H3,(H,52,54,57)(H,56,65,66)/b4-2-/t42?,51-/m1/s1. The van der Waals surface area contributed by atoms with Crippen molar-refractivity contribution in [1.82, 2.24) is 49.2 Å². The molecule has 2 aromatic carbocycles. The first kappa shape index (κ1) is 44.7. The molecule has 4 fully saturated rings. The predicted octanol–water partition coefficient (Wildman–Crippen LogP) is 4.47. The molecule has 6 aromatic rings. The van der Waals surface area contributed by atoms with Crippen LogP contribution in [-0.4, -0.2) is 126 Å². The van der Waals surface area contributed by atoms with E-state index in [0.717, 1.165) is 88.5 Å². The van der Waals surface area contributed by atoms with Crippen molar-refractivity contribution in [3.8, 4) is 5.82 Å². The lowest BCUT2D eigenvalue weighted by Crippen LogP contribution is -2.53. The maximum atomic E-state index is 13.6. The second kappa shape index (κ2) is 18.6. The fourth-order valence-electron chi connectivity index (χ4n) is 11.0. The summed E-state index contributed by atoms with van der Waals surface area (Å²) in [6, 6.07) is 19.6. The van der Waals surface area contributed by atoms with Gasteiger partial charge in [-0.15, -0.1) is 0 Å². The van der Waals surface area contributed by atoms with Crippen LogP contribution >= 0.6 is 0 Å². The third-order valence-electron chi connectivity index (χ3n) is 15.1. The van der Waals surface area contributed by atoms with Crippen LogP contribution in [0, 0.1) is 5.92 Å². The summed E-state index contributed by atoms with van der Waals surface area (Å²) >= 11 is 0. The molecule has 2 amide bonds. The molecule has 9 heterocycles. The number of piperazine rings is 1. The number of nitrogens with one attached hydrogen (secondary N) is 2. The highest BCUT2D eigenvalue weighted by atomic mass is 16.3. The fraction of sp³-hybridized carbons (Fsp3) is 0.451. The van der Waals surface area contributed by atoms with Gasteiger partial charge in [-0.05, 0) is 119 Å². The van der Waals surface area contributed by atoms with Crippen molar-refractivity contribution in [3.63, 3.8) is 0 Å². The Balaban J connectivity index is 0.654. The molecule has 1 unspecified atom stereocenters. The fourth-order valence-corrected chi connectivity index (χ4v) is 11.0. The van der Waals surface area contributed by atoms with E-state index in [1.807, 2.05) is 54.6 Å². The number of carbonyl (C=O) groups is 2.